The standard InChI is InChI=1S/C28H39N3O4S/c1-19-8-9-24(20(2)15-19)35-18-23-22-11-14-36-25(22)10-12-31(23)26(32)17-30(16-21-7-6-13-34-21)27(33)29-28(3,4)5/h8-9,11,14-15,21,23H,6-7,10,12-13,16-18H2,1-5H3,(H,29,33)/t21-,23-/m0/s1. The molecule has 0 radical (unpaired) electrons. The summed E-state index contributed by atoms with van der Waals surface area (Å²) in [6, 6.07) is 7.82. The van der Waals surface area contributed by atoms with E-state index in [1.165, 1.54) is 10.4 Å². The molecule has 2 aromatic rings. The van der Waals surface area contributed by atoms with Gasteiger partial charge in [-0.3, -0.25) is 4.79 Å². The van der Waals surface area contributed by atoms with Crippen LogP contribution in [0.25, 0.3) is 0 Å². The summed E-state index contributed by atoms with van der Waals surface area (Å²) in [6.45, 7) is 12.1. The van der Waals surface area contributed by atoms with E-state index >= 15 is 0 Å². The minimum atomic E-state index is -0.395. The molecule has 0 saturated carbocycles. The number of benzene rings is 1. The fraction of sp³-hybridized carbons (Fsp3) is 0.571. The molecular formula is C28H39N3O4S. The van der Waals surface area contributed by atoms with E-state index in [-0.39, 0.29) is 30.6 Å². The van der Waals surface area contributed by atoms with E-state index in [1.54, 1.807) is 16.2 Å². The van der Waals surface area contributed by atoms with Gasteiger partial charge in [0.05, 0.1) is 12.1 Å². The molecule has 1 aromatic heterocycles. The molecular weight excluding hydrogens is 474 g/mol. The van der Waals surface area contributed by atoms with Gasteiger partial charge >= 0.3 is 6.03 Å². The Bertz CT molecular complexity index is 1070. The van der Waals surface area contributed by atoms with Crippen LogP contribution in [0.4, 0.5) is 4.79 Å². The monoisotopic (exact) mass is 513 g/mol. The van der Waals surface area contributed by atoms with Gasteiger partial charge in [-0.2, -0.15) is 0 Å². The summed E-state index contributed by atoms with van der Waals surface area (Å²) in [4.78, 5) is 31.7. The average molecular weight is 514 g/mol. The smallest absolute Gasteiger partial charge is 0.318 e. The van der Waals surface area contributed by atoms with Gasteiger partial charge in [-0.15, -0.1) is 11.3 Å². The minimum Gasteiger partial charge on any atom is -0.491 e. The number of nitrogens with zero attached hydrogens (tertiary/aromatic N) is 2. The number of amides is 3. The molecule has 3 amide bonds. The van der Waals surface area contributed by atoms with Crippen molar-refractivity contribution in [3.63, 3.8) is 0 Å². The Morgan fingerprint density at radius 1 is 1.25 bits per heavy atom. The van der Waals surface area contributed by atoms with Crippen LogP contribution < -0.4 is 10.1 Å². The Morgan fingerprint density at radius 2 is 2.06 bits per heavy atom. The number of hydrogen-bond donors (Lipinski definition) is 1. The molecule has 1 saturated heterocycles. The van der Waals surface area contributed by atoms with Crippen molar-refractivity contribution >= 4 is 23.3 Å². The summed E-state index contributed by atoms with van der Waals surface area (Å²) >= 11 is 1.73. The van der Waals surface area contributed by atoms with Crippen molar-refractivity contribution in [2.75, 3.05) is 32.8 Å². The fourth-order valence-corrected chi connectivity index (χ4v) is 5.84. The minimum absolute atomic E-state index is 0.0152. The zero-order valence-corrected chi connectivity index (χ0v) is 23.0. The van der Waals surface area contributed by atoms with Gasteiger partial charge in [0.1, 0.15) is 18.9 Å². The van der Waals surface area contributed by atoms with Crippen LogP contribution in [0.3, 0.4) is 0 Å². The van der Waals surface area contributed by atoms with Crippen LogP contribution in [0.2, 0.25) is 0 Å². The number of carbonyl (C=O) groups is 2. The Balaban J connectivity index is 1.51. The number of ether oxygens (including phenoxy) is 2. The molecule has 2 aliphatic heterocycles. The lowest BCUT2D eigenvalue weighted by molar-refractivity contribution is -0.135. The van der Waals surface area contributed by atoms with Gasteiger partial charge < -0.3 is 24.6 Å². The zero-order chi connectivity index (χ0) is 25.9. The van der Waals surface area contributed by atoms with Crippen molar-refractivity contribution in [1.29, 1.82) is 0 Å². The van der Waals surface area contributed by atoms with Crippen LogP contribution >= 0.6 is 11.3 Å². The molecule has 2 aliphatic rings. The molecule has 0 unspecified atom stereocenters. The first-order valence-corrected chi connectivity index (χ1v) is 13.7. The second-order valence-electron chi connectivity index (χ2n) is 10.9. The topological polar surface area (TPSA) is 71.1 Å². The van der Waals surface area contributed by atoms with Crippen LogP contribution in [-0.4, -0.2) is 66.2 Å². The lowest BCUT2D eigenvalue weighted by atomic mass is 10.00. The van der Waals surface area contributed by atoms with Crippen molar-refractivity contribution in [1.82, 2.24) is 15.1 Å². The van der Waals surface area contributed by atoms with Gasteiger partial charge in [-0.1, -0.05) is 17.7 Å². The molecule has 4 rings (SSSR count). The van der Waals surface area contributed by atoms with Crippen LogP contribution in [0.15, 0.2) is 29.6 Å². The van der Waals surface area contributed by atoms with E-state index in [1.807, 2.05) is 44.7 Å². The largest absolute Gasteiger partial charge is 0.491 e. The molecule has 3 heterocycles. The third-order valence-electron chi connectivity index (χ3n) is 6.69. The molecule has 36 heavy (non-hydrogen) atoms. The van der Waals surface area contributed by atoms with Crippen molar-refractivity contribution in [3.8, 4) is 5.75 Å². The van der Waals surface area contributed by atoms with Gasteiger partial charge in [-0.05, 0) is 82.5 Å². The van der Waals surface area contributed by atoms with Crippen LogP contribution in [0, 0.1) is 13.8 Å². The van der Waals surface area contributed by atoms with Gasteiger partial charge in [-0.25, -0.2) is 4.79 Å². The van der Waals surface area contributed by atoms with E-state index in [0.29, 0.717) is 26.3 Å². The number of nitrogens with one attached hydrogen (secondary N) is 1. The molecule has 0 bridgehead atoms. The number of carbonyl (C=O) groups excluding carboxylic acids is 2. The van der Waals surface area contributed by atoms with Crippen molar-refractivity contribution in [3.05, 3.63) is 51.2 Å². The predicted octanol–water partition coefficient (Wildman–Crippen LogP) is 4.86. The number of rotatable bonds is 7. The van der Waals surface area contributed by atoms with Gasteiger partial charge in [0.15, 0.2) is 0 Å². The quantitative estimate of drug-likeness (QED) is 0.574. The Labute approximate surface area is 218 Å². The zero-order valence-electron chi connectivity index (χ0n) is 22.1. The van der Waals surface area contributed by atoms with E-state index in [4.69, 9.17) is 9.47 Å². The summed E-state index contributed by atoms with van der Waals surface area (Å²) in [5.41, 5.74) is 3.02. The first-order valence-electron chi connectivity index (χ1n) is 12.8. The molecule has 8 heteroatoms. The van der Waals surface area contributed by atoms with E-state index < -0.39 is 5.54 Å². The van der Waals surface area contributed by atoms with E-state index in [0.717, 1.165) is 36.1 Å². The maximum atomic E-state index is 13.7. The highest BCUT2D eigenvalue weighted by Crippen LogP contribution is 2.34. The second-order valence-corrected chi connectivity index (χ2v) is 11.9. The summed E-state index contributed by atoms with van der Waals surface area (Å²) in [5.74, 6) is 0.767. The average Bonchev–Trinajstić information content (AvgIpc) is 3.48. The highest BCUT2D eigenvalue weighted by Gasteiger charge is 2.35. The molecule has 7 nitrogen and oxygen atoms in total. The molecule has 0 spiro atoms. The number of thiophene rings is 1. The van der Waals surface area contributed by atoms with Crippen molar-refractivity contribution in [2.45, 2.75) is 71.6 Å². The summed E-state index contributed by atoms with van der Waals surface area (Å²) in [6.07, 6.45) is 2.68. The number of aryl methyl sites for hydroxylation is 2. The Kier molecular flexibility index (Phi) is 8.25. The van der Waals surface area contributed by atoms with Crippen molar-refractivity contribution < 1.29 is 19.1 Å². The highest BCUT2D eigenvalue weighted by atomic mass is 32.1. The lowest BCUT2D eigenvalue weighted by Gasteiger charge is -2.38. The molecule has 1 fully saturated rings. The highest BCUT2D eigenvalue weighted by molar-refractivity contribution is 7.10. The molecule has 2 atom stereocenters. The second kappa shape index (κ2) is 11.2. The first-order chi connectivity index (χ1) is 17.1. The van der Waals surface area contributed by atoms with Crippen LogP contribution in [0.1, 0.15) is 61.2 Å². The maximum Gasteiger partial charge on any atom is 0.318 e. The maximum absolute atomic E-state index is 13.7. The first kappa shape index (κ1) is 26.5. The van der Waals surface area contributed by atoms with Gasteiger partial charge in [0.25, 0.3) is 0 Å². The molecule has 1 N–H and O–H groups in total. The predicted molar refractivity (Wildman–Crippen MR) is 143 cm³/mol. The SMILES string of the molecule is Cc1ccc(OC[C@H]2c3ccsc3CCN2C(=O)CN(C[C@@H]2CCCO2)C(=O)NC(C)(C)C)c(C)c1. The van der Waals surface area contributed by atoms with Gasteiger partial charge in [0.2, 0.25) is 5.91 Å². The van der Waals surface area contributed by atoms with E-state index in [2.05, 4.69) is 29.8 Å². The van der Waals surface area contributed by atoms with E-state index in [9.17, 15) is 9.59 Å². The normalized spacial score (nSPS) is 19.6. The Hall–Kier alpha value is -2.58. The fourth-order valence-electron chi connectivity index (χ4n) is 4.91. The molecule has 0 aliphatic carbocycles. The third kappa shape index (κ3) is 6.59. The number of urea groups is 1. The van der Waals surface area contributed by atoms with Crippen LogP contribution in [-0.2, 0) is 16.0 Å². The number of hydrogen-bond acceptors (Lipinski definition) is 5. The number of fused-ring (bicyclic) bond motifs is 1. The van der Waals surface area contributed by atoms with Gasteiger partial charge in [0, 0.05) is 30.1 Å². The van der Waals surface area contributed by atoms with Crippen molar-refractivity contribution in [2.24, 2.45) is 0 Å². The third-order valence-corrected chi connectivity index (χ3v) is 7.68. The van der Waals surface area contributed by atoms with Crippen LogP contribution in [0.5, 0.6) is 5.75 Å². The summed E-state index contributed by atoms with van der Waals surface area (Å²) < 4.78 is 12.1. The lowest BCUT2D eigenvalue weighted by Crippen LogP contribution is -2.54. The Morgan fingerprint density at radius 3 is 2.75 bits per heavy atom. The summed E-state index contributed by atoms with van der Waals surface area (Å²) in [7, 11) is 0. The molecule has 1 aromatic carbocycles. The molecule has 196 valence electrons. The summed E-state index contributed by atoms with van der Waals surface area (Å²) in [5, 5.41) is 5.11.